The number of aryl methyl sites for hydroxylation is 1. The van der Waals surface area contributed by atoms with Gasteiger partial charge in [0.1, 0.15) is 0 Å². The number of rotatable bonds is 4. The summed E-state index contributed by atoms with van der Waals surface area (Å²) in [6.07, 6.45) is 4.02. The topological polar surface area (TPSA) is 91.1 Å². The molecule has 1 aliphatic heterocycles. The lowest BCUT2D eigenvalue weighted by Crippen LogP contribution is -2.46. The van der Waals surface area contributed by atoms with Gasteiger partial charge < -0.3 is 15.6 Å². The fourth-order valence-corrected chi connectivity index (χ4v) is 3.57. The molecule has 0 bridgehead atoms. The standard InChI is InChI=1S/C20H23FN6O/c1-2-14-8-17-18(25-20(14)28)7-13(10-23-17)12-26-3-5-27(6-4-26)19-16(21)9-15(22)11-24-19/h7-11H,2-6,12,22H2,1H3,(H,25,28). The molecule has 0 radical (unpaired) electrons. The monoisotopic (exact) mass is 382 g/mol. The Morgan fingerprint density at radius 1 is 1.14 bits per heavy atom. The highest BCUT2D eigenvalue weighted by atomic mass is 19.1. The summed E-state index contributed by atoms with van der Waals surface area (Å²) in [6.45, 7) is 5.63. The van der Waals surface area contributed by atoms with E-state index in [1.165, 1.54) is 12.3 Å². The fraction of sp³-hybridized carbons (Fsp3) is 0.350. The first kappa shape index (κ1) is 18.4. The number of pyridine rings is 3. The van der Waals surface area contributed by atoms with Crippen LogP contribution in [-0.4, -0.2) is 46.0 Å². The number of hydrogen-bond donors (Lipinski definition) is 2. The maximum atomic E-state index is 14.1. The van der Waals surface area contributed by atoms with E-state index >= 15 is 0 Å². The minimum absolute atomic E-state index is 0.0550. The van der Waals surface area contributed by atoms with Crippen molar-refractivity contribution in [1.29, 1.82) is 0 Å². The second-order valence-corrected chi connectivity index (χ2v) is 7.09. The molecule has 146 valence electrons. The summed E-state index contributed by atoms with van der Waals surface area (Å²) < 4.78 is 14.1. The second-order valence-electron chi connectivity index (χ2n) is 7.09. The van der Waals surface area contributed by atoms with Crippen molar-refractivity contribution < 1.29 is 4.39 Å². The molecule has 28 heavy (non-hydrogen) atoms. The molecule has 1 aliphatic rings. The van der Waals surface area contributed by atoms with Gasteiger partial charge >= 0.3 is 0 Å². The van der Waals surface area contributed by atoms with Crippen LogP contribution in [0, 0.1) is 5.82 Å². The van der Waals surface area contributed by atoms with Gasteiger partial charge in [0.15, 0.2) is 11.6 Å². The quantitative estimate of drug-likeness (QED) is 0.716. The zero-order valence-electron chi connectivity index (χ0n) is 15.8. The second kappa shape index (κ2) is 7.55. The first-order valence-electron chi connectivity index (χ1n) is 9.42. The SMILES string of the molecule is CCc1cc2ncc(CN3CCN(c4ncc(N)cc4F)CC3)cc2[nH]c1=O. The third-order valence-electron chi connectivity index (χ3n) is 5.13. The Labute approximate surface area is 162 Å². The molecule has 0 unspecified atom stereocenters. The van der Waals surface area contributed by atoms with Gasteiger partial charge in [0.2, 0.25) is 0 Å². The summed E-state index contributed by atoms with van der Waals surface area (Å²) in [7, 11) is 0. The lowest BCUT2D eigenvalue weighted by atomic mass is 10.1. The number of nitrogens with one attached hydrogen (secondary N) is 1. The van der Waals surface area contributed by atoms with Crippen LogP contribution in [0.3, 0.4) is 0 Å². The van der Waals surface area contributed by atoms with E-state index in [2.05, 4.69) is 19.9 Å². The van der Waals surface area contributed by atoms with Gasteiger partial charge in [0.25, 0.3) is 5.56 Å². The lowest BCUT2D eigenvalue weighted by molar-refractivity contribution is 0.248. The van der Waals surface area contributed by atoms with Crippen LogP contribution in [0.5, 0.6) is 0 Å². The highest BCUT2D eigenvalue weighted by Gasteiger charge is 2.21. The zero-order valence-corrected chi connectivity index (χ0v) is 15.8. The number of nitrogens with zero attached hydrogens (tertiary/aromatic N) is 4. The van der Waals surface area contributed by atoms with Crippen LogP contribution in [0.15, 0.2) is 35.4 Å². The van der Waals surface area contributed by atoms with Crippen LogP contribution in [0.25, 0.3) is 11.0 Å². The van der Waals surface area contributed by atoms with E-state index in [1.54, 1.807) is 0 Å². The molecule has 0 spiro atoms. The molecule has 0 amide bonds. The van der Waals surface area contributed by atoms with E-state index in [0.29, 0.717) is 31.0 Å². The van der Waals surface area contributed by atoms with E-state index in [4.69, 9.17) is 5.73 Å². The lowest BCUT2D eigenvalue weighted by Gasteiger charge is -2.35. The molecule has 3 N–H and O–H groups in total. The smallest absolute Gasteiger partial charge is 0.251 e. The number of H-pyrrole nitrogens is 1. The van der Waals surface area contributed by atoms with Crippen LogP contribution in [0.2, 0.25) is 0 Å². The first-order chi connectivity index (χ1) is 13.5. The number of nitrogen functional groups attached to an aromatic ring is 1. The largest absolute Gasteiger partial charge is 0.397 e. The van der Waals surface area contributed by atoms with Gasteiger partial charge in [0, 0.05) is 50.6 Å². The molecule has 1 saturated heterocycles. The average molecular weight is 382 g/mol. The van der Waals surface area contributed by atoms with E-state index in [1.807, 2.05) is 30.2 Å². The Morgan fingerprint density at radius 2 is 1.93 bits per heavy atom. The van der Waals surface area contributed by atoms with Crippen LogP contribution < -0.4 is 16.2 Å². The molecule has 4 rings (SSSR count). The number of aromatic nitrogens is 3. The van der Waals surface area contributed by atoms with Crippen LogP contribution in [0.4, 0.5) is 15.9 Å². The maximum Gasteiger partial charge on any atom is 0.251 e. The Bertz CT molecular complexity index is 1060. The third-order valence-corrected chi connectivity index (χ3v) is 5.13. The molecular weight excluding hydrogens is 359 g/mol. The molecule has 3 aromatic rings. The molecule has 0 aliphatic carbocycles. The van der Waals surface area contributed by atoms with Crippen LogP contribution in [-0.2, 0) is 13.0 Å². The van der Waals surface area contributed by atoms with Crippen LogP contribution in [0.1, 0.15) is 18.1 Å². The minimum atomic E-state index is -0.386. The number of anilines is 2. The number of aromatic amines is 1. The van der Waals surface area contributed by atoms with Crippen molar-refractivity contribution in [3.05, 3.63) is 57.9 Å². The van der Waals surface area contributed by atoms with Gasteiger partial charge in [-0.3, -0.25) is 14.7 Å². The number of nitrogens with two attached hydrogens (primary N) is 1. The maximum absolute atomic E-state index is 14.1. The Hall–Kier alpha value is -3.00. The summed E-state index contributed by atoms with van der Waals surface area (Å²) in [5.74, 6) is -0.0342. The predicted octanol–water partition coefficient (Wildman–Crippen LogP) is 1.92. The van der Waals surface area contributed by atoms with Crippen molar-refractivity contribution in [2.75, 3.05) is 36.8 Å². The molecule has 0 atom stereocenters. The highest BCUT2D eigenvalue weighted by Crippen LogP contribution is 2.20. The molecule has 0 saturated carbocycles. The van der Waals surface area contributed by atoms with E-state index in [-0.39, 0.29) is 11.4 Å². The molecule has 3 aromatic heterocycles. The summed E-state index contributed by atoms with van der Waals surface area (Å²) in [4.78, 5) is 27.8. The summed E-state index contributed by atoms with van der Waals surface area (Å²) >= 11 is 0. The van der Waals surface area contributed by atoms with Gasteiger partial charge in [0.05, 0.1) is 22.9 Å². The molecule has 0 aromatic carbocycles. The number of halogens is 1. The Morgan fingerprint density at radius 3 is 2.64 bits per heavy atom. The predicted molar refractivity (Wildman–Crippen MR) is 108 cm³/mol. The molecular formula is C20H23FN6O. The fourth-order valence-electron chi connectivity index (χ4n) is 3.57. The number of hydrogen-bond acceptors (Lipinski definition) is 6. The van der Waals surface area contributed by atoms with Crippen molar-refractivity contribution >= 4 is 22.5 Å². The van der Waals surface area contributed by atoms with E-state index in [0.717, 1.165) is 41.8 Å². The Balaban J connectivity index is 1.44. The van der Waals surface area contributed by atoms with Crippen molar-refractivity contribution in [2.24, 2.45) is 0 Å². The molecule has 8 heteroatoms. The van der Waals surface area contributed by atoms with Gasteiger partial charge in [-0.15, -0.1) is 0 Å². The summed E-state index contributed by atoms with van der Waals surface area (Å²) in [6, 6.07) is 5.14. The van der Waals surface area contributed by atoms with Gasteiger partial charge in [-0.2, -0.15) is 0 Å². The van der Waals surface area contributed by atoms with Crippen molar-refractivity contribution in [2.45, 2.75) is 19.9 Å². The van der Waals surface area contributed by atoms with Crippen molar-refractivity contribution in [3.8, 4) is 0 Å². The average Bonchev–Trinajstić information content (AvgIpc) is 2.68. The Kier molecular flexibility index (Phi) is 4.95. The molecule has 4 heterocycles. The van der Waals surface area contributed by atoms with Gasteiger partial charge in [-0.1, -0.05) is 6.92 Å². The van der Waals surface area contributed by atoms with Crippen LogP contribution >= 0.6 is 0 Å². The van der Waals surface area contributed by atoms with Crippen molar-refractivity contribution in [1.82, 2.24) is 19.9 Å². The van der Waals surface area contributed by atoms with Gasteiger partial charge in [-0.05, 0) is 24.1 Å². The normalized spacial score (nSPS) is 15.3. The number of piperazine rings is 1. The summed E-state index contributed by atoms with van der Waals surface area (Å²) in [5, 5.41) is 0. The minimum Gasteiger partial charge on any atom is -0.397 e. The van der Waals surface area contributed by atoms with Crippen molar-refractivity contribution in [3.63, 3.8) is 0 Å². The van der Waals surface area contributed by atoms with Gasteiger partial charge in [-0.25, -0.2) is 9.37 Å². The molecule has 7 nitrogen and oxygen atoms in total. The highest BCUT2D eigenvalue weighted by molar-refractivity contribution is 5.74. The third kappa shape index (κ3) is 3.68. The summed E-state index contributed by atoms with van der Waals surface area (Å²) in [5.41, 5.74) is 9.18. The zero-order chi connectivity index (χ0) is 19.7. The van der Waals surface area contributed by atoms with E-state index < -0.39 is 0 Å². The molecule has 1 fully saturated rings. The first-order valence-corrected chi connectivity index (χ1v) is 9.42. The van der Waals surface area contributed by atoms with E-state index in [9.17, 15) is 9.18 Å². The number of fused-ring (bicyclic) bond motifs is 1.